The number of hydrogen-bond donors (Lipinski definition) is 0. The standard InChI is InChI=1S/C27H32Br2O3/c1-15-11-23(31-5)21(26(28)7-8-26)13-19(15)17(3)25(30)18(4)20-14-22(27(29)9-10-27)24(32-6)12-16(20)2/h11-14,17-18H,7-10H2,1-6H3. The third-order valence-corrected chi connectivity index (χ3v) is 9.75. The van der Waals surface area contributed by atoms with E-state index in [2.05, 4.69) is 70.0 Å². The maximum absolute atomic E-state index is 13.7. The number of ether oxygens (including phenoxy) is 2. The minimum Gasteiger partial charge on any atom is -0.496 e. The van der Waals surface area contributed by atoms with Crippen LogP contribution in [0.25, 0.3) is 0 Å². The lowest BCUT2D eigenvalue weighted by Gasteiger charge is -2.24. The number of ketones is 1. The van der Waals surface area contributed by atoms with Gasteiger partial charge in [0.05, 0.1) is 22.9 Å². The van der Waals surface area contributed by atoms with Gasteiger partial charge in [0.1, 0.15) is 17.3 Å². The van der Waals surface area contributed by atoms with E-state index in [9.17, 15) is 4.79 Å². The molecule has 2 aromatic rings. The van der Waals surface area contributed by atoms with Gasteiger partial charge >= 0.3 is 0 Å². The molecule has 172 valence electrons. The first-order valence-electron chi connectivity index (χ1n) is 11.3. The first kappa shape index (κ1) is 23.8. The van der Waals surface area contributed by atoms with Crippen LogP contribution in [0.2, 0.25) is 0 Å². The lowest BCUT2D eigenvalue weighted by molar-refractivity contribution is -0.121. The Morgan fingerprint density at radius 3 is 1.41 bits per heavy atom. The summed E-state index contributed by atoms with van der Waals surface area (Å²) >= 11 is 7.75. The van der Waals surface area contributed by atoms with E-state index in [0.29, 0.717) is 0 Å². The van der Waals surface area contributed by atoms with Crippen LogP contribution in [0.3, 0.4) is 0 Å². The van der Waals surface area contributed by atoms with Crippen molar-refractivity contribution in [3.63, 3.8) is 0 Å². The van der Waals surface area contributed by atoms with Crippen LogP contribution in [-0.2, 0) is 13.4 Å². The first-order chi connectivity index (χ1) is 15.0. The predicted molar refractivity (Wildman–Crippen MR) is 137 cm³/mol. The highest BCUT2D eigenvalue weighted by atomic mass is 79.9. The van der Waals surface area contributed by atoms with Crippen LogP contribution < -0.4 is 9.47 Å². The average Bonchev–Trinajstić information content (AvgIpc) is 3.70. The summed E-state index contributed by atoms with van der Waals surface area (Å²) < 4.78 is 11.3. The van der Waals surface area contributed by atoms with Gasteiger partial charge in [0, 0.05) is 23.0 Å². The maximum Gasteiger partial charge on any atom is 0.147 e. The van der Waals surface area contributed by atoms with E-state index < -0.39 is 0 Å². The Bertz CT molecular complexity index is 984. The van der Waals surface area contributed by atoms with E-state index in [4.69, 9.17) is 9.47 Å². The molecule has 2 unspecified atom stereocenters. The van der Waals surface area contributed by atoms with Crippen molar-refractivity contribution in [2.75, 3.05) is 14.2 Å². The van der Waals surface area contributed by atoms with Crippen molar-refractivity contribution in [3.05, 3.63) is 57.6 Å². The third-order valence-electron chi connectivity index (χ3n) is 7.31. The zero-order chi connectivity index (χ0) is 23.4. The Kier molecular flexibility index (Phi) is 6.30. The number of hydrogen-bond acceptors (Lipinski definition) is 3. The molecule has 0 radical (unpaired) electrons. The summed E-state index contributed by atoms with van der Waals surface area (Å²) in [5, 5.41) is 0. The van der Waals surface area contributed by atoms with E-state index in [1.54, 1.807) is 14.2 Å². The molecule has 0 heterocycles. The first-order valence-corrected chi connectivity index (χ1v) is 12.9. The van der Waals surface area contributed by atoms with Gasteiger partial charge < -0.3 is 9.47 Å². The molecule has 5 heteroatoms. The van der Waals surface area contributed by atoms with Crippen molar-refractivity contribution < 1.29 is 14.3 Å². The van der Waals surface area contributed by atoms with E-state index >= 15 is 0 Å². The number of methoxy groups -OCH3 is 2. The second kappa shape index (κ2) is 8.47. The number of halogens is 2. The summed E-state index contributed by atoms with van der Waals surface area (Å²) in [4.78, 5) is 13.7. The van der Waals surface area contributed by atoms with Gasteiger partial charge in [-0.1, -0.05) is 45.7 Å². The minimum atomic E-state index is -0.201. The fraction of sp³-hybridized carbons (Fsp3) is 0.519. The number of Topliss-reactive ketones (excluding diaryl/α,β-unsaturated/α-hetero) is 1. The van der Waals surface area contributed by atoms with Gasteiger partial charge in [-0.15, -0.1) is 0 Å². The molecular formula is C27H32Br2O3. The van der Waals surface area contributed by atoms with Gasteiger partial charge in [-0.2, -0.15) is 0 Å². The SMILES string of the molecule is COc1cc(C)c(C(C)C(=O)C(C)c2cc(C3(Br)CC3)c(OC)cc2C)cc1C1(Br)CC1. The van der Waals surface area contributed by atoms with Crippen molar-refractivity contribution in [2.45, 2.75) is 73.9 Å². The molecule has 0 bridgehead atoms. The van der Waals surface area contributed by atoms with E-state index in [1.165, 1.54) is 0 Å². The predicted octanol–water partition coefficient (Wildman–Crippen LogP) is 7.56. The number of benzene rings is 2. The monoisotopic (exact) mass is 562 g/mol. The normalized spacial score (nSPS) is 19.8. The molecule has 0 aromatic heterocycles. The fourth-order valence-electron chi connectivity index (χ4n) is 4.81. The summed E-state index contributed by atoms with van der Waals surface area (Å²) in [5.41, 5.74) is 6.69. The molecule has 2 aliphatic rings. The van der Waals surface area contributed by atoms with E-state index in [1.807, 2.05) is 13.8 Å². The Morgan fingerprint density at radius 2 is 1.12 bits per heavy atom. The largest absolute Gasteiger partial charge is 0.496 e. The Balaban J connectivity index is 1.68. The molecule has 0 spiro atoms. The summed E-state index contributed by atoms with van der Waals surface area (Å²) in [6, 6.07) is 8.54. The van der Waals surface area contributed by atoms with Gasteiger partial charge in [0.2, 0.25) is 0 Å². The number of carbonyl (C=O) groups is 1. The van der Waals surface area contributed by atoms with E-state index in [-0.39, 0.29) is 26.3 Å². The van der Waals surface area contributed by atoms with Crippen LogP contribution in [0.1, 0.15) is 84.7 Å². The molecule has 4 rings (SSSR count). The molecule has 0 amide bonds. The van der Waals surface area contributed by atoms with Crippen molar-refractivity contribution in [2.24, 2.45) is 0 Å². The molecule has 2 aromatic carbocycles. The van der Waals surface area contributed by atoms with Crippen molar-refractivity contribution in [1.29, 1.82) is 0 Å². The van der Waals surface area contributed by atoms with Crippen LogP contribution in [0.4, 0.5) is 0 Å². The van der Waals surface area contributed by atoms with Gasteiger partial charge in [0.25, 0.3) is 0 Å². The van der Waals surface area contributed by atoms with Crippen LogP contribution in [-0.4, -0.2) is 20.0 Å². The zero-order valence-corrected chi connectivity index (χ0v) is 22.9. The van der Waals surface area contributed by atoms with Gasteiger partial charge in [0.15, 0.2) is 0 Å². The lowest BCUT2D eigenvalue weighted by Crippen LogP contribution is -2.19. The Labute approximate surface area is 208 Å². The summed E-state index contributed by atoms with van der Waals surface area (Å²) in [7, 11) is 3.43. The number of aryl methyl sites for hydroxylation is 2. The summed E-state index contributed by atoms with van der Waals surface area (Å²) in [6.45, 7) is 8.22. The topological polar surface area (TPSA) is 35.5 Å². The average molecular weight is 564 g/mol. The molecule has 2 fully saturated rings. The quantitative estimate of drug-likeness (QED) is 0.311. The Morgan fingerprint density at radius 1 is 0.781 bits per heavy atom. The molecular weight excluding hydrogens is 532 g/mol. The highest BCUT2D eigenvalue weighted by Crippen LogP contribution is 2.58. The molecule has 32 heavy (non-hydrogen) atoms. The van der Waals surface area contributed by atoms with Crippen LogP contribution >= 0.6 is 31.9 Å². The highest BCUT2D eigenvalue weighted by molar-refractivity contribution is 9.10. The van der Waals surface area contributed by atoms with Crippen LogP contribution in [0.5, 0.6) is 11.5 Å². The van der Waals surface area contributed by atoms with Crippen molar-refractivity contribution in [1.82, 2.24) is 0 Å². The zero-order valence-electron chi connectivity index (χ0n) is 19.8. The summed E-state index contributed by atoms with van der Waals surface area (Å²) in [5.74, 6) is 1.64. The Hall–Kier alpha value is -1.33. The lowest BCUT2D eigenvalue weighted by atomic mass is 9.81. The second-order valence-corrected chi connectivity index (χ2v) is 12.6. The van der Waals surface area contributed by atoms with Gasteiger partial charge in [-0.3, -0.25) is 4.79 Å². The van der Waals surface area contributed by atoms with Crippen molar-refractivity contribution >= 4 is 37.6 Å². The second-order valence-electron chi connectivity index (χ2n) is 9.59. The smallest absolute Gasteiger partial charge is 0.147 e. The third kappa shape index (κ3) is 4.16. The highest BCUT2D eigenvalue weighted by Gasteiger charge is 2.45. The molecule has 2 atom stereocenters. The summed E-state index contributed by atoms with van der Waals surface area (Å²) in [6.07, 6.45) is 4.36. The van der Waals surface area contributed by atoms with Crippen LogP contribution in [0.15, 0.2) is 24.3 Å². The van der Waals surface area contributed by atoms with Crippen LogP contribution in [0, 0.1) is 13.8 Å². The van der Waals surface area contributed by atoms with Gasteiger partial charge in [-0.05, 0) is 86.1 Å². The van der Waals surface area contributed by atoms with Gasteiger partial charge in [-0.25, -0.2) is 0 Å². The number of rotatable bonds is 8. The maximum atomic E-state index is 13.7. The molecule has 0 N–H and O–H groups in total. The minimum absolute atomic E-state index is 0.00882. The molecule has 0 saturated heterocycles. The molecule has 0 aliphatic heterocycles. The van der Waals surface area contributed by atoms with E-state index in [0.717, 1.165) is 70.6 Å². The number of carbonyl (C=O) groups excluding carboxylic acids is 1. The molecule has 2 saturated carbocycles. The molecule has 3 nitrogen and oxygen atoms in total. The number of alkyl halides is 2. The van der Waals surface area contributed by atoms with Crippen molar-refractivity contribution in [3.8, 4) is 11.5 Å². The fourth-order valence-corrected chi connectivity index (χ4v) is 5.82. The molecule has 2 aliphatic carbocycles.